The zero-order chi connectivity index (χ0) is 23.5. The third kappa shape index (κ3) is 4.26. The molecule has 7 heteroatoms. The molecule has 2 heterocycles. The molecule has 5 rings (SSSR count). The summed E-state index contributed by atoms with van der Waals surface area (Å²) in [6, 6.07) is 26.5. The number of para-hydroxylation sites is 1. The lowest BCUT2D eigenvalue weighted by molar-refractivity contribution is -0.128. The van der Waals surface area contributed by atoms with Gasteiger partial charge in [0.1, 0.15) is 5.84 Å². The number of carbonyl (C=O) groups is 2. The molecular weight excluding hydrogens is 444 g/mol. The molecule has 0 saturated carbocycles. The van der Waals surface area contributed by atoms with Crippen LogP contribution in [0, 0.1) is 0 Å². The number of hydrogen-bond acceptors (Lipinski definition) is 5. The summed E-state index contributed by atoms with van der Waals surface area (Å²) in [5, 5.41) is 0.491. The summed E-state index contributed by atoms with van der Waals surface area (Å²) in [5.74, 6) is 0.638. The fraction of sp³-hybridized carbons (Fsp3) is 0.185. The van der Waals surface area contributed by atoms with E-state index in [9.17, 15) is 9.59 Å². The highest BCUT2D eigenvalue weighted by molar-refractivity contribution is 8.14. The number of amides is 2. The summed E-state index contributed by atoms with van der Waals surface area (Å²) in [6.45, 7) is 3.13. The van der Waals surface area contributed by atoms with Crippen LogP contribution in [0.1, 0.15) is 29.7 Å². The Labute approximate surface area is 203 Å². The Kier molecular flexibility index (Phi) is 6.27. The maximum Gasteiger partial charge on any atom is 0.263 e. The molecule has 6 nitrogen and oxygen atoms in total. The van der Waals surface area contributed by atoms with Crippen LogP contribution in [0.15, 0.2) is 94.9 Å². The van der Waals surface area contributed by atoms with E-state index in [1.165, 1.54) is 11.8 Å². The predicted octanol–water partition coefficient (Wildman–Crippen LogP) is 4.80. The van der Waals surface area contributed by atoms with Gasteiger partial charge in [-0.25, -0.2) is 14.9 Å². The van der Waals surface area contributed by atoms with Crippen molar-refractivity contribution in [1.29, 1.82) is 0 Å². The monoisotopic (exact) mass is 468 g/mol. The molecule has 0 radical (unpaired) electrons. The van der Waals surface area contributed by atoms with Crippen molar-refractivity contribution in [2.75, 3.05) is 12.3 Å². The molecule has 1 atom stereocenters. The molecule has 0 fully saturated rings. The number of carbonyl (C=O) groups excluding carboxylic acids is 2. The second kappa shape index (κ2) is 9.65. The summed E-state index contributed by atoms with van der Waals surface area (Å²) in [5.41, 5.74) is 3.50. The molecule has 2 aliphatic heterocycles. The largest absolute Gasteiger partial charge is 0.338 e. The van der Waals surface area contributed by atoms with Crippen molar-refractivity contribution >= 4 is 40.3 Å². The van der Waals surface area contributed by atoms with Crippen LogP contribution in [-0.4, -0.2) is 44.9 Å². The molecule has 0 unspecified atom stereocenters. The van der Waals surface area contributed by atoms with Gasteiger partial charge in [0.15, 0.2) is 11.2 Å². The van der Waals surface area contributed by atoms with Crippen molar-refractivity contribution < 1.29 is 9.59 Å². The van der Waals surface area contributed by atoms with Gasteiger partial charge in [-0.2, -0.15) is 0 Å². The molecule has 3 aromatic rings. The minimum atomic E-state index is -0.617. The lowest BCUT2D eigenvalue weighted by atomic mass is 10.1. The second-order valence-electron chi connectivity index (χ2n) is 8.03. The minimum Gasteiger partial charge on any atom is -0.338 e. The van der Waals surface area contributed by atoms with E-state index >= 15 is 0 Å². The molecule has 2 aliphatic rings. The van der Waals surface area contributed by atoms with E-state index in [2.05, 4.69) is 0 Å². The minimum absolute atomic E-state index is 0.00246. The van der Waals surface area contributed by atoms with E-state index in [1.807, 2.05) is 96.8 Å². The highest BCUT2D eigenvalue weighted by Gasteiger charge is 2.42. The Hall–Kier alpha value is -3.71. The molecule has 0 N–H and O–H groups in total. The Balaban J connectivity index is 1.39. The summed E-state index contributed by atoms with van der Waals surface area (Å²) in [6.07, 6.45) is 0. The number of benzene rings is 3. The topological polar surface area (TPSA) is 65.3 Å². The number of rotatable bonds is 6. The molecule has 0 bridgehead atoms. The van der Waals surface area contributed by atoms with Crippen molar-refractivity contribution in [3.63, 3.8) is 0 Å². The van der Waals surface area contributed by atoms with Crippen LogP contribution in [0.3, 0.4) is 0 Å². The van der Waals surface area contributed by atoms with Crippen LogP contribution in [0.25, 0.3) is 0 Å². The summed E-state index contributed by atoms with van der Waals surface area (Å²) < 4.78 is 0. The Morgan fingerprint density at radius 1 is 0.971 bits per heavy atom. The van der Waals surface area contributed by atoms with Crippen molar-refractivity contribution in [2.24, 2.45) is 9.98 Å². The number of thioether (sulfide) groups is 1. The van der Waals surface area contributed by atoms with Crippen LogP contribution in [0.5, 0.6) is 0 Å². The van der Waals surface area contributed by atoms with Gasteiger partial charge >= 0.3 is 0 Å². The standard InChI is InChI=1S/C27H24N4O2S/c1-2-30(17-19-11-5-3-6-12-19)23(32)18-34-27-28-22-16-10-9-15-21(22)25-29-24(26(33)31(25)27)20-13-7-4-8-14-20/h3-16,24H,2,17-18H2,1H3/t24-/m1/s1. The summed E-state index contributed by atoms with van der Waals surface area (Å²) >= 11 is 1.28. The van der Waals surface area contributed by atoms with Gasteiger partial charge in [-0.3, -0.25) is 9.59 Å². The van der Waals surface area contributed by atoms with E-state index in [0.29, 0.717) is 24.1 Å². The Morgan fingerprint density at radius 3 is 2.38 bits per heavy atom. The maximum absolute atomic E-state index is 13.5. The number of nitrogens with zero attached hydrogens (tertiary/aromatic N) is 4. The van der Waals surface area contributed by atoms with Gasteiger partial charge in [0.25, 0.3) is 5.91 Å². The normalized spacial score (nSPS) is 16.4. The van der Waals surface area contributed by atoms with Crippen molar-refractivity contribution in [2.45, 2.75) is 19.5 Å². The number of amidine groups is 2. The zero-order valence-corrected chi connectivity index (χ0v) is 19.6. The molecular formula is C27H24N4O2S. The highest BCUT2D eigenvalue weighted by Crippen LogP contribution is 2.37. The lowest BCUT2D eigenvalue weighted by Crippen LogP contribution is -2.40. The van der Waals surface area contributed by atoms with E-state index < -0.39 is 6.04 Å². The summed E-state index contributed by atoms with van der Waals surface area (Å²) in [7, 11) is 0. The lowest BCUT2D eigenvalue weighted by Gasteiger charge is -2.26. The van der Waals surface area contributed by atoms with Crippen LogP contribution >= 0.6 is 11.8 Å². The Bertz CT molecular complexity index is 1270. The second-order valence-corrected chi connectivity index (χ2v) is 8.98. The van der Waals surface area contributed by atoms with E-state index in [1.54, 1.807) is 4.90 Å². The van der Waals surface area contributed by atoms with Crippen molar-refractivity contribution in [1.82, 2.24) is 9.80 Å². The van der Waals surface area contributed by atoms with Gasteiger partial charge in [-0.1, -0.05) is 84.6 Å². The molecule has 3 aromatic carbocycles. The van der Waals surface area contributed by atoms with Crippen molar-refractivity contribution in [3.8, 4) is 0 Å². The van der Waals surface area contributed by atoms with E-state index in [0.717, 1.165) is 22.4 Å². The zero-order valence-electron chi connectivity index (χ0n) is 18.8. The summed E-state index contributed by atoms with van der Waals surface area (Å²) in [4.78, 5) is 39.4. The molecule has 0 spiro atoms. The molecule has 34 heavy (non-hydrogen) atoms. The van der Waals surface area contributed by atoms with Crippen LogP contribution in [0.4, 0.5) is 5.69 Å². The van der Waals surface area contributed by atoms with Gasteiger partial charge in [0.2, 0.25) is 5.91 Å². The average molecular weight is 469 g/mol. The average Bonchev–Trinajstić information content (AvgIpc) is 3.24. The maximum atomic E-state index is 13.5. The smallest absolute Gasteiger partial charge is 0.263 e. The highest BCUT2D eigenvalue weighted by atomic mass is 32.2. The number of hydrogen-bond donors (Lipinski definition) is 0. The molecule has 0 saturated heterocycles. The first-order chi connectivity index (χ1) is 16.7. The van der Waals surface area contributed by atoms with Gasteiger partial charge < -0.3 is 4.90 Å². The van der Waals surface area contributed by atoms with Gasteiger partial charge in [0, 0.05) is 18.7 Å². The third-order valence-electron chi connectivity index (χ3n) is 5.86. The van der Waals surface area contributed by atoms with Crippen LogP contribution < -0.4 is 0 Å². The molecule has 0 aliphatic carbocycles. The first-order valence-corrected chi connectivity index (χ1v) is 12.2. The third-order valence-corrected chi connectivity index (χ3v) is 6.78. The first kappa shape index (κ1) is 22.1. The van der Waals surface area contributed by atoms with Gasteiger partial charge in [-0.05, 0) is 30.2 Å². The number of fused-ring (bicyclic) bond motifs is 3. The fourth-order valence-electron chi connectivity index (χ4n) is 4.10. The number of aliphatic imine (C=N–C) groups is 2. The fourth-order valence-corrected chi connectivity index (χ4v) is 5.00. The SMILES string of the molecule is CCN(Cc1ccccc1)C(=O)CSC1=Nc2ccccc2C2=N[C@H](c3ccccc3)C(=O)N12. The predicted molar refractivity (Wildman–Crippen MR) is 136 cm³/mol. The molecule has 0 aromatic heterocycles. The van der Waals surface area contributed by atoms with Crippen LogP contribution in [0.2, 0.25) is 0 Å². The Morgan fingerprint density at radius 2 is 1.65 bits per heavy atom. The van der Waals surface area contributed by atoms with Gasteiger partial charge in [0.05, 0.1) is 11.4 Å². The first-order valence-electron chi connectivity index (χ1n) is 11.2. The van der Waals surface area contributed by atoms with Crippen LogP contribution in [-0.2, 0) is 16.1 Å². The quantitative estimate of drug-likeness (QED) is 0.522. The van der Waals surface area contributed by atoms with E-state index in [-0.39, 0.29) is 17.6 Å². The van der Waals surface area contributed by atoms with E-state index in [4.69, 9.17) is 9.98 Å². The molecule has 170 valence electrons. The molecule has 2 amide bonds. The van der Waals surface area contributed by atoms with Crippen molar-refractivity contribution in [3.05, 3.63) is 102 Å². The van der Waals surface area contributed by atoms with Gasteiger partial charge in [-0.15, -0.1) is 0 Å².